The number of hydrogen-bond donors (Lipinski definition) is 1. The monoisotopic (exact) mass is 359 g/mol. The van der Waals surface area contributed by atoms with Crippen molar-refractivity contribution in [1.29, 1.82) is 0 Å². The molecule has 0 aromatic heterocycles. The van der Waals surface area contributed by atoms with E-state index in [9.17, 15) is 5.11 Å². The van der Waals surface area contributed by atoms with Crippen LogP contribution in [0, 0.1) is 6.92 Å². The smallest absolute Gasteiger partial charge is 0.231 e. The maximum atomic E-state index is 11.0. The second-order valence-electron chi connectivity index (χ2n) is 6.99. The zero-order valence-electron chi connectivity index (χ0n) is 14.3. The molecule has 2 aromatic carbocycles. The number of likely N-dealkylation sites (tertiary alicyclic amines) is 1. The van der Waals surface area contributed by atoms with Crippen molar-refractivity contribution < 1.29 is 14.6 Å². The van der Waals surface area contributed by atoms with Gasteiger partial charge in [-0.05, 0) is 43.0 Å². The van der Waals surface area contributed by atoms with Crippen LogP contribution in [0.4, 0.5) is 0 Å². The van der Waals surface area contributed by atoms with Crippen LogP contribution < -0.4 is 9.47 Å². The summed E-state index contributed by atoms with van der Waals surface area (Å²) in [5.41, 5.74) is 2.61. The zero-order valence-corrected chi connectivity index (χ0v) is 15.1. The Morgan fingerprint density at radius 3 is 2.56 bits per heavy atom. The standard InChI is InChI=1S/C20H22ClNO3/c1-14-2-4-16(5-3-14)20(23)6-8-22(9-7-20)12-15-10-17(21)19-18(11-15)24-13-25-19/h2-5,10-11,23H,6-9,12-13H2,1H3. The van der Waals surface area contributed by atoms with Gasteiger partial charge < -0.3 is 14.6 Å². The van der Waals surface area contributed by atoms with Gasteiger partial charge in [-0.1, -0.05) is 41.4 Å². The van der Waals surface area contributed by atoms with Crippen molar-refractivity contribution in [2.24, 2.45) is 0 Å². The van der Waals surface area contributed by atoms with Crippen LogP contribution in [0.25, 0.3) is 0 Å². The van der Waals surface area contributed by atoms with E-state index in [1.54, 1.807) is 0 Å². The molecule has 2 heterocycles. The van der Waals surface area contributed by atoms with Crippen molar-refractivity contribution in [3.05, 3.63) is 58.1 Å². The lowest BCUT2D eigenvalue weighted by molar-refractivity contribution is -0.0277. The van der Waals surface area contributed by atoms with Crippen LogP contribution in [0.1, 0.15) is 29.5 Å². The molecular weight excluding hydrogens is 338 g/mol. The highest BCUT2D eigenvalue weighted by Crippen LogP contribution is 2.40. The highest BCUT2D eigenvalue weighted by Gasteiger charge is 2.34. The van der Waals surface area contributed by atoms with Gasteiger partial charge in [0.05, 0.1) is 10.6 Å². The Bertz CT molecular complexity index is 767. The highest BCUT2D eigenvalue weighted by atomic mass is 35.5. The maximum Gasteiger partial charge on any atom is 0.231 e. The summed E-state index contributed by atoms with van der Waals surface area (Å²) < 4.78 is 10.8. The normalized spacial score (nSPS) is 19.2. The predicted octanol–water partition coefficient (Wildman–Crippen LogP) is 3.86. The number of aryl methyl sites for hydroxylation is 1. The molecule has 1 N–H and O–H groups in total. The molecule has 0 radical (unpaired) electrons. The third-order valence-corrected chi connectivity index (χ3v) is 5.45. The molecule has 0 atom stereocenters. The summed E-state index contributed by atoms with van der Waals surface area (Å²) in [6.07, 6.45) is 1.46. The quantitative estimate of drug-likeness (QED) is 0.903. The number of hydrogen-bond acceptors (Lipinski definition) is 4. The third-order valence-electron chi connectivity index (χ3n) is 5.17. The zero-order chi connectivity index (χ0) is 17.4. The van der Waals surface area contributed by atoms with Crippen LogP contribution in [0.15, 0.2) is 36.4 Å². The summed E-state index contributed by atoms with van der Waals surface area (Å²) >= 11 is 6.27. The fourth-order valence-electron chi connectivity index (χ4n) is 3.60. The average molecular weight is 360 g/mol. The molecule has 1 fully saturated rings. The molecule has 25 heavy (non-hydrogen) atoms. The Morgan fingerprint density at radius 1 is 1.12 bits per heavy atom. The number of piperidine rings is 1. The Balaban J connectivity index is 1.42. The number of rotatable bonds is 3. The van der Waals surface area contributed by atoms with Crippen molar-refractivity contribution in [3.63, 3.8) is 0 Å². The van der Waals surface area contributed by atoms with E-state index in [1.165, 1.54) is 5.56 Å². The summed E-state index contributed by atoms with van der Waals surface area (Å²) in [4.78, 5) is 2.34. The van der Waals surface area contributed by atoms with Gasteiger partial charge >= 0.3 is 0 Å². The van der Waals surface area contributed by atoms with Crippen molar-refractivity contribution in [3.8, 4) is 11.5 Å². The first-order chi connectivity index (χ1) is 12.0. The van der Waals surface area contributed by atoms with Gasteiger partial charge in [0.1, 0.15) is 0 Å². The maximum absolute atomic E-state index is 11.0. The Hall–Kier alpha value is -1.75. The summed E-state index contributed by atoms with van der Waals surface area (Å²) in [6, 6.07) is 12.2. The van der Waals surface area contributed by atoms with Gasteiger partial charge in [-0.25, -0.2) is 0 Å². The number of ether oxygens (including phenoxy) is 2. The lowest BCUT2D eigenvalue weighted by Gasteiger charge is -2.38. The highest BCUT2D eigenvalue weighted by molar-refractivity contribution is 6.32. The van der Waals surface area contributed by atoms with Crippen molar-refractivity contribution in [2.45, 2.75) is 31.9 Å². The average Bonchev–Trinajstić information content (AvgIpc) is 3.07. The van der Waals surface area contributed by atoms with Crippen LogP contribution in [0.5, 0.6) is 11.5 Å². The molecule has 0 bridgehead atoms. The molecule has 132 valence electrons. The molecule has 4 nitrogen and oxygen atoms in total. The number of fused-ring (bicyclic) bond motifs is 1. The van der Waals surface area contributed by atoms with Crippen LogP contribution >= 0.6 is 11.6 Å². The predicted molar refractivity (Wildman–Crippen MR) is 97.2 cm³/mol. The molecule has 0 spiro atoms. The van der Waals surface area contributed by atoms with Crippen molar-refractivity contribution >= 4 is 11.6 Å². The van der Waals surface area contributed by atoms with Crippen LogP contribution in [-0.2, 0) is 12.1 Å². The van der Waals surface area contributed by atoms with Crippen LogP contribution in [-0.4, -0.2) is 29.9 Å². The van der Waals surface area contributed by atoms with Gasteiger partial charge in [-0.3, -0.25) is 4.90 Å². The van der Waals surface area contributed by atoms with Crippen LogP contribution in [0.2, 0.25) is 5.02 Å². The van der Waals surface area contributed by atoms with Gasteiger partial charge in [0, 0.05) is 19.6 Å². The Morgan fingerprint density at radius 2 is 1.84 bits per heavy atom. The molecule has 2 aromatic rings. The lowest BCUT2D eigenvalue weighted by Crippen LogP contribution is -2.42. The van der Waals surface area contributed by atoms with Gasteiger partial charge in [-0.15, -0.1) is 0 Å². The van der Waals surface area contributed by atoms with E-state index in [4.69, 9.17) is 21.1 Å². The van der Waals surface area contributed by atoms with E-state index in [1.807, 2.05) is 24.3 Å². The summed E-state index contributed by atoms with van der Waals surface area (Å²) in [7, 11) is 0. The second-order valence-corrected chi connectivity index (χ2v) is 7.39. The molecule has 5 heteroatoms. The van der Waals surface area contributed by atoms with Crippen LogP contribution in [0.3, 0.4) is 0 Å². The number of halogens is 1. The van der Waals surface area contributed by atoms with Crippen molar-refractivity contribution in [1.82, 2.24) is 4.90 Å². The molecular formula is C20H22ClNO3. The molecule has 0 saturated carbocycles. The van der Waals surface area contributed by atoms with E-state index < -0.39 is 5.60 Å². The molecule has 0 unspecified atom stereocenters. The van der Waals surface area contributed by atoms with E-state index in [0.29, 0.717) is 10.8 Å². The summed E-state index contributed by atoms with van der Waals surface area (Å²) in [5.74, 6) is 1.36. The lowest BCUT2D eigenvalue weighted by atomic mass is 9.84. The van der Waals surface area contributed by atoms with E-state index in [0.717, 1.165) is 49.4 Å². The molecule has 2 aliphatic rings. The fraction of sp³-hybridized carbons (Fsp3) is 0.400. The summed E-state index contributed by atoms with van der Waals surface area (Å²) in [6.45, 7) is 4.77. The molecule has 0 amide bonds. The van der Waals surface area contributed by atoms with Gasteiger partial charge in [0.25, 0.3) is 0 Å². The summed E-state index contributed by atoms with van der Waals surface area (Å²) in [5, 5.41) is 11.6. The topological polar surface area (TPSA) is 41.9 Å². The largest absolute Gasteiger partial charge is 0.454 e. The molecule has 2 aliphatic heterocycles. The Labute approximate surface area is 152 Å². The van der Waals surface area contributed by atoms with Gasteiger partial charge in [0.15, 0.2) is 11.5 Å². The molecule has 1 saturated heterocycles. The first kappa shape index (κ1) is 16.7. The fourth-order valence-corrected chi connectivity index (χ4v) is 3.89. The van der Waals surface area contributed by atoms with Gasteiger partial charge in [0.2, 0.25) is 6.79 Å². The molecule has 4 rings (SSSR count). The number of nitrogens with zero attached hydrogens (tertiary/aromatic N) is 1. The van der Waals surface area contributed by atoms with Crippen molar-refractivity contribution in [2.75, 3.05) is 19.9 Å². The second kappa shape index (κ2) is 6.52. The first-order valence-corrected chi connectivity index (χ1v) is 9.01. The number of aliphatic hydroxyl groups is 1. The number of benzene rings is 2. The minimum absolute atomic E-state index is 0.228. The first-order valence-electron chi connectivity index (χ1n) is 8.63. The Kier molecular flexibility index (Phi) is 4.36. The van der Waals surface area contributed by atoms with Gasteiger partial charge in [-0.2, -0.15) is 0 Å². The minimum atomic E-state index is -0.725. The SMILES string of the molecule is Cc1ccc(C2(O)CCN(Cc3cc(Cl)c4c(c3)OCO4)CC2)cc1. The van der Waals surface area contributed by atoms with E-state index in [-0.39, 0.29) is 6.79 Å². The third kappa shape index (κ3) is 3.34. The molecule has 0 aliphatic carbocycles. The minimum Gasteiger partial charge on any atom is -0.454 e. The van der Waals surface area contributed by atoms with E-state index in [2.05, 4.69) is 24.0 Å². The van der Waals surface area contributed by atoms with E-state index >= 15 is 0 Å².